The molecule has 2 nitrogen and oxygen atoms in total. The van der Waals surface area contributed by atoms with Gasteiger partial charge in [0.15, 0.2) is 5.11 Å². The minimum absolute atomic E-state index is 0.245. The van der Waals surface area contributed by atoms with Gasteiger partial charge in [0.25, 0.3) is 0 Å². The lowest BCUT2D eigenvalue weighted by atomic mass is 9.48. The smallest absolute Gasteiger partial charge is 0.166 e. The highest BCUT2D eigenvalue weighted by Crippen LogP contribution is 2.61. The van der Waals surface area contributed by atoms with Crippen LogP contribution in [-0.4, -0.2) is 11.2 Å². The summed E-state index contributed by atoms with van der Waals surface area (Å²) in [6.45, 7) is 4.55. The van der Waals surface area contributed by atoms with Crippen LogP contribution >= 0.6 is 12.2 Å². The van der Waals surface area contributed by atoms with Gasteiger partial charge < -0.3 is 10.6 Å². The lowest BCUT2D eigenvalue weighted by Gasteiger charge is -2.59. The van der Waals surface area contributed by atoms with Gasteiger partial charge in [0.05, 0.1) is 6.04 Å². The summed E-state index contributed by atoms with van der Waals surface area (Å²) in [5.41, 5.74) is 1.78. The van der Waals surface area contributed by atoms with E-state index in [4.69, 9.17) is 12.2 Å². The van der Waals surface area contributed by atoms with Crippen molar-refractivity contribution in [3.63, 3.8) is 0 Å². The highest BCUT2D eigenvalue weighted by Gasteiger charge is 2.53. The molecule has 130 valence electrons. The van der Waals surface area contributed by atoms with Crippen LogP contribution in [0.4, 0.5) is 0 Å². The van der Waals surface area contributed by atoms with E-state index < -0.39 is 0 Å². The van der Waals surface area contributed by atoms with Crippen LogP contribution in [0.15, 0.2) is 30.3 Å². The number of thiocarbonyl (C=S) groups is 1. The molecule has 0 saturated heterocycles. The summed E-state index contributed by atoms with van der Waals surface area (Å²) in [7, 11) is 0. The first-order valence-corrected chi connectivity index (χ1v) is 10.1. The van der Waals surface area contributed by atoms with Gasteiger partial charge in [0, 0.05) is 6.04 Å². The molecule has 3 heteroatoms. The maximum absolute atomic E-state index is 5.64. The summed E-state index contributed by atoms with van der Waals surface area (Å²) < 4.78 is 0. The van der Waals surface area contributed by atoms with Crippen molar-refractivity contribution in [1.29, 1.82) is 0 Å². The molecule has 1 aromatic rings. The Morgan fingerprint density at radius 3 is 2.04 bits per heavy atom. The summed E-state index contributed by atoms with van der Waals surface area (Å²) >= 11 is 5.64. The summed E-state index contributed by atoms with van der Waals surface area (Å²) in [4.78, 5) is 0. The van der Waals surface area contributed by atoms with E-state index in [2.05, 4.69) is 54.8 Å². The topological polar surface area (TPSA) is 24.1 Å². The van der Waals surface area contributed by atoms with Crippen molar-refractivity contribution in [2.45, 2.75) is 64.5 Å². The van der Waals surface area contributed by atoms with Crippen molar-refractivity contribution in [3.8, 4) is 0 Å². The van der Waals surface area contributed by atoms with Gasteiger partial charge in [-0.25, -0.2) is 0 Å². The Bertz CT molecular complexity index is 562. The van der Waals surface area contributed by atoms with E-state index in [1.165, 1.54) is 44.1 Å². The minimum Gasteiger partial charge on any atom is -0.360 e. The maximum Gasteiger partial charge on any atom is 0.166 e. The van der Waals surface area contributed by atoms with E-state index in [0.717, 1.165) is 22.9 Å². The molecule has 4 aliphatic rings. The Kier molecular flexibility index (Phi) is 4.32. The molecule has 4 saturated carbocycles. The van der Waals surface area contributed by atoms with Gasteiger partial charge in [0.2, 0.25) is 0 Å². The van der Waals surface area contributed by atoms with Crippen LogP contribution in [0.1, 0.15) is 64.0 Å². The van der Waals surface area contributed by atoms with Gasteiger partial charge in [0.1, 0.15) is 0 Å². The molecule has 0 aliphatic heterocycles. The van der Waals surface area contributed by atoms with Crippen LogP contribution in [0.5, 0.6) is 0 Å². The molecule has 0 spiro atoms. The lowest BCUT2D eigenvalue weighted by molar-refractivity contribution is -0.0672. The van der Waals surface area contributed by atoms with Crippen LogP contribution in [0.2, 0.25) is 0 Å². The zero-order valence-corrected chi connectivity index (χ0v) is 15.7. The summed E-state index contributed by atoms with van der Waals surface area (Å²) in [6.07, 6.45) is 8.76. The van der Waals surface area contributed by atoms with Crippen LogP contribution in [0.3, 0.4) is 0 Å². The third-order valence-electron chi connectivity index (χ3n) is 7.00. The molecule has 0 radical (unpaired) electrons. The molecule has 1 aromatic carbocycles. The van der Waals surface area contributed by atoms with Gasteiger partial charge in [-0.2, -0.15) is 0 Å². The first-order chi connectivity index (χ1) is 11.5. The second kappa shape index (κ2) is 6.33. The molecule has 2 unspecified atom stereocenters. The van der Waals surface area contributed by atoms with Crippen molar-refractivity contribution in [2.75, 3.05) is 0 Å². The Balaban J connectivity index is 1.37. The Morgan fingerprint density at radius 2 is 1.50 bits per heavy atom. The standard InChI is InChI=1S/C21H30N2S/c1-14(19-6-4-3-5-7-19)22-20(24)23-15(2)21-11-16-8-17(12-21)10-18(9-16)13-21/h3-7,14-18H,8-13H2,1-2H3,(H2,22,23,24). The van der Waals surface area contributed by atoms with Crippen LogP contribution in [0.25, 0.3) is 0 Å². The number of nitrogens with one attached hydrogen (secondary N) is 2. The lowest BCUT2D eigenvalue weighted by Crippen LogP contribution is -2.57. The van der Waals surface area contributed by atoms with Crippen LogP contribution < -0.4 is 10.6 Å². The molecule has 2 atom stereocenters. The maximum atomic E-state index is 5.64. The van der Waals surface area contributed by atoms with Crippen molar-refractivity contribution in [2.24, 2.45) is 23.2 Å². The predicted octanol–water partition coefficient (Wildman–Crippen LogP) is 4.82. The second-order valence-corrected chi connectivity index (χ2v) is 9.16. The fraction of sp³-hybridized carbons (Fsp3) is 0.667. The molecule has 5 rings (SSSR count). The van der Waals surface area contributed by atoms with Gasteiger partial charge in [-0.3, -0.25) is 0 Å². The molecule has 0 heterocycles. The fourth-order valence-electron chi connectivity index (χ4n) is 6.12. The largest absolute Gasteiger partial charge is 0.360 e. The van der Waals surface area contributed by atoms with E-state index in [1.54, 1.807) is 0 Å². The third-order valence-corrected chi connectivity index (χ3v) is 7.23. The van der Waals surface area contributed by atoms with Crippen LogP contribution in [-0.2, 0) is 0 Å². The predicted molar refractivity (Wildman–Crippen MR) is 104 cm³/mol. The second-order valence-electron chi connectivity index (χ2n) is 8.75. The normalized spacial score (nSPS) is 36.2. The SMILES string of the molecule is CC(NC(=S)NC(C)C12CC3CC(CC(C3)C1)C2)c1ccccc1. The summed E-state index contributed by atoms with van der Waals surface area (Å²) in [6, 6.07) is 11.3. The highest BCUT2D eigenvalue weighted by molar-refractivity contribution is 7.80. The molecule has 2 N–H and O–H groups in total. The first kappa shape index (κ1) is 16.4. The molecule has 4 bridgehead atoms. The van der Waals surface area contributed by atoms with Crippen molar-refractivity contribution < 1.29 is 0 Å². The van der Waals surface area contributed by atoms with Crippen molar-refractivity contribution >= 4 is 17.3 Å². The van der Waals surface area contributed by atoms with E-state index >= 15 is 0 Å². The van der Waals surface area contributed by atoms with E-state index in [1.807, 2.05) is 0 Å². The number of hydrogen-bond donors (Lipinski definition) is 2. The average Bonchev–Trinajstić information content (AvgIpc) is 2.54. The molecular formula is C21H30N2S. The number of rotatable bonds is 4. The zero-order valence-electron chi connectivity index (χ0n) is 14.9. The molecule has 0 aromatic heterocycles. The fourth-order valence-corrected chi connectivity index (χ4v) is 6.47. The average molecular weight is 343 g/mol. The van der Waals surface area contributed by atoms with Crippen LogP contribution in [0, 0.1) is 23.2 Å². The Hall–Kier alpha value is -1.09. The summed E-state index contributed by atoms with van der Waals surface area (Å²) in [5.74, 6) is 2.97. The minimum atomic E-state index is 0.245. The highest BCUT2D eigenvalue weighted by atomic mass is 32.1. The van der Waals surface area contributed by atoms with E-state index in [-0.39, 0.29) is 6.04 Å². The third kappa shape index (κ3) is 3.08. The number of hydrogen-bond acceptors (Lipinski definition) is 1. The van der Waals surface area contributed by atoms with Gasteiger partial charge >= 0.3 is 0 Å². The first-order valence-electron chi connectivity index (χ1n) is 9.66. The Morgan fingerprint density at radius 1 is 0.958 bits per heavy atom. The Labute approximate surface area is 151 Å². The van der Waals surface area contributed by atoms with Gasteiger partial charge in [-0.05, 0) is 93.3 Å². The van der Waals surface area contributed by atoms with E-state index in [0.29, 0.717) is 11.5 Å². The van der Waals surface area contributed by atoms with Gasteiger partial charge in [-0.15, -0.1) is 0 Å². The molecule has 4 aliphatic carbocycles. The number of benzene rings is 1. The molecule has 24 heavy (non-hydrogen) atoms. The van der Waals surface area contributed by atoms with E-state index in [9.17, 15) is 0 Å². The zero-order chi connectivity index (χ0) is 16.7. The van der Waals surface area contributed by atoms with Crippen molar-refractivity contribution in [3.05, 3.63) is 35.9 Å². The molecule has 4 fully saturated rings. The summed E-state index contributed by atoms with van der Waals surface area (Å²) in [5, 5.41) is 7.95. The van der Waals surface area contributed by atoms with Crippen molar-refractivity contribution in [1.82, 2.24) is 10.6 Å². The molecular weight excluding hydrogens is 312 g/mol. The quantitative estimate of drug-likeness (QED) is 0.767. The monoisotopic (exact) mass is 342 g/mol. The van der Waals surface area contributed by atoms with Gasteiger partial charge in [-0.1, -0.05) is 30.3 Å². The molecule has 0 amide bonds.